The Bertz CT molecular complexity index is 1320. The number of fused-ring (bicyclic) bond motifs is 1. The van der Waals surface area contributed by atoms with Gasteiger partial charge in [-0.2, -0.15) is 0 Å². The summed E-state index contributed by atoms with van der Waals surface area (Å²) in [4.78, 5) is 5.00. The van der Waals surface area contributed by atoms with Crippen LogP contribution in [0.2, 0.25) is 137 Å². The van der Waals surface area contributed by atoms with E-state index in [1.54, 1.807) is 19.3 Å². The van der Waals surface area contributed by atoms with Crippen molar-refractivity contribution in [2.24, 2.45) is 17.8 Å². The highest BCUT2D eigenvalue weighted by molar-refractivity contribution is 7.16. The monoisotopic (exact) mass is 800 g/mol. The van der Waals surface area contributed by atoms with Gasteiger partial charge < -0.3 is 4.98 Å². The zero-order valence-electron chi connectivity index (χ0n) is 36.7. The normalized spacial score (nSPS) is 28.2. The van der Waals surface area contributed by atoms with E-state index in [1.807, 2.05) is 21.9 Å². The van der Waals surface area contributed by atoms with Crippen molar-refractivity contribution in [3.05, 3.63) is 28.8 Å². The van der Waals surface area contributed by atoms with Gasteiger partial charge in [-0.15, -0.1) is 0 Å². The molecule has 1 aromatic rings. The quantitative estimate of drug-likeness (QED) is 0.220. The smallest absolute Gasteiger partial charge is 0.176 e. The van der Waals surface area contributed by atoms with Crippen LogP contribution in [0.25, 0.3) is 0 Å². The van der Waals surface area contributed by atoms with Crippen LogP contribution in [-0.4, -0.2) is 71.0 Å². The van der Waals surface area contributed by atoms with Crippen LogP contribution in [-0.2, 0) is 8.57 Å². The second kappa shape index (κ2) is 12.0. The van der Waals surface area contributed by atoms with Crippen molar-refractivity contribution in [3.8, 4) is 0 Å². The van der Waals surface area contributed by atoms with Crippen LogP contribution in [0.5, 0.6) is 0 Å². The highest BCUT2D eigenvalue weighted by Gasteiger charge is 2.70. The molecule has 9 heteroatoms. The summed E-state index contributed by atoms with van der Waals surface area (Å²) in [6, 6.07) is 6.09. The standard InChI is InChI=1S/C40H82NSi8/c1-43(2,3)37(44(4,5)6)34-25-33(40(47(13,14)15,48(16,17)18)49(19,20)21)26-35-36(34)42(39(35,45(7,8)9)46(10,11)12)41-38-27-30-22-31(28-38)24-32(23-30)29-38/h25-26,30-32,37,41H,22-24,27-29H2,1-21H3. The number of hydrogen-bond acceptors (Lipinski definition) is 1. The van der Waals surface area contributed by atoms with E-state index in [1.165, 1.54) is 19.3 Å². The first-order chi connectivity index (χ1) is 21.7. The Hall–Kier alpha value is 0.915. The number of rotatable bonds is 11. The fourth-order valence-corrected chi connectivity index (χ4v) is 80.5. The maximum atomic E-state index is 5.00. The third-order valence-electron chi connectivity index (χ3n) is 14.7. The largest absolute Gasteiger partial charge is 0.329 e. The zero-order valence-corrected chi connectivity index (χ0v) is 44.7. The van der Waals surface area contributed by atoms with E-state index < -0.39 is 65.5 Å². The maximum Gasteiger partial charge on any atom is 0.176 e. The van der Waals surface area contributed by atoms with Crippen molar-refractivity contribution in [1.29, 1.82) is 0 Å². The molecule has 1 aliphatic heterocycles. The van der Waals surface area contributed by atoms with Gasteiger partial charge in [0, 0.05) is 45.9 Å². The minimum absolute atomic E-state index is 0.417. The first kappa shape index (κ1) is 41.1. The molecule has 279 valence electrons. The summed E-state index contributed by atoms with van der Waals surface area (Å²) in [6.07, 6.45) is 9.08. The predicted molar refractivity (Wildman–Crippen MR) is 245 cm³/mol. The fraction of sp³-hybridized carbons (Fsp3) is 0.850. The summed E-state index contributed by atoms with van der Waals surface area (Å²) in [5.74, 6) is 3.00. The van der Waals surface area contributed by atoms with Crippen LogP contribution in [0.1, 0.15) is 60.4 Å². The first-order valence-corrected chi connectivity index (χ1v) is 46.7. The molecule has 49 heavy (non-hydrogen) atoms. The average Bonchev–Trinajstić information content (AvgIpc) is 2.75. The molecule has 1 N–H and O–H groups in total. The molecule has 4 aliphatic carbocycles. The Morgan fingerprint density at radius 3 is 1.27 bits per heavy atom. The second-order valence-corrected chi connectivity index (χ2v) is 68.3. The van der Waals surface area contributed by atoms with Gasteiger partial charge in [0.05, 0.1) is 16.1 Å². The van der Waals surface area contributed by atoms with Gasteiger partial charge in [0.15, 0.2) is 8.96 Å². The van der Waals surface area contributed by atoms with E-state index in [-0.39, 0.29) is 0 Å². The zero-order chi connectivity index (χ0) is 37.6. The van der Waals surface area contributed by atoms with Crippen molar-refractivity contribution < 1.29 is 0 Å². The fourth-order valence-electron chi connectivity index (χ4n) is 16.2. The summed E-state index contributed by atoms with van der Waals surface area (Å²) >= 11 is 0. The molecule has 0 amide bonds. The van der Waals surface area contributed by atoms with Gasteiger partial charge in [-0.1, -0.05) is 150 Å². The minimum atomic E-state index is -1.68. The Morgan fingerprint density at radius 1 is 0.592 bits per heavy atom. The molecule has 5 aliphatic rings. The van der Waals surface area contributed by atoms with Crippen molar-refractivity contribution in [3.63, 3.8) is 0 Å². The van der Waals surface area contributed by atoms with Crippen LogP contribution in [0.4, 0.5) is 0 Å². The molecule has 0 spiro atoms. The van der Waals surface area contributed by atoms with Crippen LogP contribution in [0, 0.1) is 17.8 Å². The van der Waals surface area contributed by atoms with E-state index in [9.17, 15) is 0 Å². The first-order valence-electron chi connectivity index (χ1n) is 20.5. The molecule has 0 atom stereocenters. The van der Waals surface area contributed by atoms with Crippen molar-refractivity contribution in [2.75, 3.05) is 0 Å². The summed E-state index contributed by atoms with van der Waals surface area (Å²) in [6.45, 7) is 58.5. The molecule has 6 rings (SSSR count). The lowest BCUT2D eigenvalue weighted by Gasteiger charge is -2.68. The molecule has 4 saturated carbocycles. The molecule has 0 saturated heterocycles. The second-order valence-electron chi connectivity index (χ2n) is 25.6. The maximum absolute atomic E-state index is 5.00. The summed E-state index contributed by atoms with van der Waals surface area (Å²) < 4.78 is 0.863. The molecule has 0 unspecified atom stereocenters. The lowest BCUT2D eigenvalue weighted by Crippen LogP contribution is -2.88. The molecule has 4 bridgehead atoms. The molecular formula is C40H82NSi8. The molecule has 4 fully saturated rings. The van der Waals surface area contributed by atoms with Crippen LogP contribution >= 0.6 is 0 Å². The van der Waals surface area contributed by atoms with Gasteiger partial charge in [0.2, 0.25) is 0 Å². The number of hydrogen-bond donors (Lipinski definition) is 1. The SMILES string of the molecule is C[Si](C)(C)C(c1cc(C([Si](C)(C)C)([Si](C)(C)C)[Si](C)(C)C)cc2c1[Si](NC13CC4CC(CC(C4)C1)C3)C2([Si](C)(C)C)[Si](C)(C)C)[Si](C)(C)C. The van der Waals surface area contributed by atoms with Gasteiger partial charge in [0.1, 0.15) is 0 Å². The molecule has 1 heterocycles. The Kier molecular flexibility index (Phi) is 10.0. The van der Waals surface area contributed by atoms with Crippen LogP contribution in [0.15, 0.2) is 12.1 Å². The van der Waals surface area contributed by atoms with Gasteiger partial charge in [-0.25, -0.2) is 0 Å². The summed E-state index contributed by atoms with van der Waals surface area (Å²) in [7, 11) is -12.4. The molecule has 1 aromatic carbocycles. The van der Waals surface area contributed by atoms with E-state index in [4.69, 9.17) is 4.98 Å². The Labute approximate surface area is 315 Å². The van der Waals surface area contributed by atoms with Crippen LogP contribution < -0.4 is 10.2 Å². The topological polar surface area (TPSA) is 12.0 Å². The Balaban J connectivity index is 1.95. The van der Waals surface area contributed by atoms with Crippen molar-refractivity contribution >= 4 is 70.7 Å². The lowest BCUT2D eigenvalue weighted by molar-refractivity contribution is -0.00923. The van der Waals surface area contributed by atoms with Gasteiger partial charge in [-0.3, -0.25) is 0 Å². The molecule has 1 radical (unpaired) electrons. The van der Waals surface area contributed by atoms with Crippen molar-refractivity contribution in [2.45, 2.75) is 195 Å². The molecular weight excluding hydrogens is 719 g/mol. The molecule has 1 nitrogen and oxygen atoms in total. The van der Waals surface area contributed by atoms with E-state index in [0.29, 0.717) is 14.1 Å². The molecule has 0 aromatic heterocycles. The van der Waals surface area contributed by atoms with Crippen molar-refractivity contribution in [1.82, 2.24) is 4.98 Å². The van der Waals surface area contributed by atoms with E-state index in [2.05, 4.69) is 150 Å². The van der Waals surface area contributed by atoms with Gasteiger partial charge >= 0.3 is 0 Å². The predicted octanol–water partition coefficient (Wildman–Crippen LogP) is 11.7. The Morgan fingerprint density at radius 2 is 0.959 bits per heavy atom. The summed E-state index contributed by atoms with van der Waals surface area (Å²) in [5.41, 5.74) is 6.18. The van der Waals surface area contributed by atoms with Gasteiger partial charge in [0.25, 0.3) is 0 Å². The minimum Gasteiger partial charge on any atom is -0.329 e. The van der Waals surface area contributed by atoms with E-state index >= 15 is 0 Å². The highest BCUT2D eigenvalue weighted by Crippen LogP contribution is 2.59. The lowest BCUT2D eigenvalue weighted by atomic mass is 9.53. The highest BCUT2D eigenvalue weighted by atomic mass is 28.5. The van der Waals surface area contributed by atoms with Crippen LogP contribution in [0.3, 0.4) is 0 Å². The van der Waals surface area contributed by atoms with E-state index in [0.717, 1.165) is 22.9 Å². The number of benzene rings is 1. The third kappa shape index (κ3) is 6.19. The van der Waals surface area contributed by atoms with Gasteiger partial charge in [-0.05, 0) is 91.9 Å². The third-order valence-corrected chi connectivity index (χ3v) is 63.5. The number of nitrogens with one attached hydrogen (secondary N) is 1. The summed E-state index contributed by atoms with van der Waals surface area (Å²) in [5, 5.41) is 2.77. The average molecular weight is 802 g/mol.